The molecule has 1 unspecified atom stereocenters. The van der Waals surface area contributed by atoms with Gasteiger partial charge in [-0.05, 0) is 34.5 Å². The van der Waals surface area contributed by atoms with Crippen molar-refractivity contribution in [3.05, 3.63) is 45.4 Å². The molecule has 0 radical (unpaired) electrons. The summed E-state index contributed by atoms with van der Waals surface area (Å²) in [5.41, 5.74) is 0.944. The monoisotopic (exact) mass is 384 g/mol. The summed E-state index contributed by atoms with van der Waals surface area (Å²) in [7, 11) is 0. The fourth-order valence-electron chi connectivity index (χ4n) is 2.17. The molecule has 3 nitrogen and oxygen atoms in total. The third-order valence-corrected chi connectivity index (χ3v) is 5.63. The van der Waals surface area contributed by atoms with E-state index in [4.69, 9.17) is 16.3 Å². The summed E-state index contributed by atoms with van der Waals surface area (Å²) in [4.78, 5) is 10.2. The topological polar surface area (TPSA) is 35.0 Å². The number of para-hydroxylation sites is 1. The number of ether oxygens (including phenoxy) is 1. The van der Waals surface area contributed by atoms with Crippen LogP contribution in [0.3, 0.4) is 0 Å². The Hall–Kier alpha value is -0.780. The fourth-order valence-corrected chi connectivity index (χ4v) is 3.73. The lowest BCUT2D eigenvalue weighted by Gasteiger charge is -2.25. The molecule has 2 aromatic rings. The quantitative estimate of drug-likeness (QED) is 0.691. The second kappa shape index (κ2) is 6.55. The Bertz CT molecular complexity index is 668. The molecule has 110 valence electrons. The van der Waals surface area contributed by atoms with Gasteiger partial charge >= 0.3 is 0 Å². The van der Waals surface area contributed by atoms with E-state index >= 15 is 0 Å². The summed E-state index contributed by atoms with van der Waals surface area (Å²) >= 11 is 11.4. The van der Waals surface area contributed by atoms with Crippen LogP contribution in [-0.4, -0.2) is 15.7 Å². The number of hydrogen-bond acceptors (Lipinski definition) is 4. The van der Waals surface area contributed by atoms with Gasteiger partial charge in [-0.15, -0.1) is 11.8 Å². The molecule has 0 saturated heterocycles. The Labute approximate surface area is 141 Å². The molecule has 0 spiro atoms. The van der Waals surface area contributed by atoms with E-state index in [1.54, 1.807) is 11.8 Å². The number of fused-ring (bicyclic) bond motifs is 1. The van der Waals surface area contributed by atoms with E-state index in [0.29, 0.717) is 11.0 Å². The third-order valence-electron chi connectivity index (χ3n) is 3.18. The molecule has 21 heavy (non-hydrogen) atoms. The second-order valence-corrected chi connectivity index (χ2v) is 6.96. The largest absolute Gasteiger partial charge is 0.480 e. The minimum absolute atomic E-state index is 0.161. The van der Waals surface area contributed by atoms with E-state index in [1.165, 1.54) is 0 Å². The number of hydrogen-bond donors (Lipinski definition) is 0. The van der Waals surface area contributed by atoms with Crippen molar-refractivity contribution in [3.8, 4) is 5.75 Å². The molecular formula is C15H14BrClN2OS. The highest BCUT2D eigenvalue weighted by atomic mass is 79.9. The maximum absolute atomic E-state index is 6.21. The Morgan fingerprint density at radius 3 is 3.00 bits per heavy atom. The smallest absolute Gasteiger partial charge is 0.172 e. The summed E-state index contributed by atoms with van der Waals surface area (Å²) in [5, 5.41) is 0.455. The van der Waals surface area contributed by atoms with Gasteiger partial charge in [0.15, 0.2) is 11.9 Å². The number of benzene rings is 1. The summed E-state index contributed by atoms with van der Waals surface area (Å²) in [6.07, 6.45) is 1.71. The molecule has 0 saturated carbocycles. The summed E-state index contributed by atoms with van der Waals surface area (Å²) in [5.74, 6) is 2.34. The first-order valence-electron chi connectivity index (χ1n) is 6.79. The van der Waals surface area contributed by atoms with Crippen molar-refractivity contribution >= 4 is 39.3 Å². The van der Waals surface area contributed by atoms with Crippen molar-refractivity contribution in [1.82, 2.24) is 9.97 Å². The molecule has 1 aromatic heterocycles. The van der Waals surface area contributed by atoms with E-state index in [0.717, 1.165) is 39.4 Å². The van der Waals surface area contributed by atoms with Gasteiger partial charge in [-0.25, -0.2) is 9.97 Å². The first-order valence-corrected chi connectivity index (χ1v) is 8.95. The van der Waals surface area contributed by atoms with Crippen molar-refractivity contribution in [2.45, 2.75) is 30.8 Å². The molecule has 0 fully saturated rings. The van der Waals surface area contributed by atoms with Gasteiger partial charge in [0.25, 0.3) is 0 Å². The molecule has 1 aromatic carbocycles. The number of rotatable bonds is 3. The highest BCUT2D eigenvalue weighted by Crippen LogP contribution is 2.40. The van der Waals surface area contributed by atoms with Crippen molar-refractivity contribution in [2.24, 2.45) is 0 Å². The molecule has 0 aliphatic carbocycles. The van der Waals surface area contributed by atoms with E-state index in [1.807, 2.05) is 18.2 Å². The lowest BCUT2D eigenvalue weighted by molar-refractivity contribution is 0.210. The second-order valence-electron chi connectivity index (χ2n) is 4.75. The van der Waals surface area contributed by atoms with Gasteiger partial charge < -0.3 is 4.74 Å². The molecule has 1 atom stereocenters. The van der Waals surface area contributed by atoms with Crippen LogP contribution in [0.5, 0.6) is 5.75 Å². The first kappa shape index (κ1) is 15.1. The Morgan fingerprint density at radius 1 is 1.38 bits per heavy atom. The predicted octanol–water partition coefficient (Wildman–Crippen LogP) is 5.07. The van der Waals surface area contributed by atoms with Crippen molar-refractivity contribution in [3.63, 3.8) is 0 Å². The lowest BCUT2D eigenvalue weighted by atomic mass is 10.2. The maximum Gasteiger partial charge on any atom is 0.172 e. The Balaban J connectivity index is 1.91. The minimum Gasteiger partial charge on any atom is -0.480 e. The molecule has 6 heteroatoms. The van der Waals surface area contributed by atoms with Crippen molar-refractivity contribution in [2.75, 3.05) is 5.75 Å². The van der Waals surface area contributed by atoms with Crippen LogP contribution < -0.4 is 4.74 Å². The first-order chi connectivity index (χ1) is 10.2. The average Bonchev–Trinajstić information content (AvgIpc) is 2.51. The molecular weight excluding hydrogens is 372 g/mol. The van der Waals surface area contributed by atoms with E-state index < -0.39 is 0 Å². The van der Waals surface area contributed by atoms with Crippen LogP contribution in [-0.2, 0) is 6.42 Å². The zero-order valence-electron chi connectivity index (χ0n) is 11.5. The van der Waals surface area contributed by atoms with Crippen LogP contribution in [0.4, 0.5) is 0 Å². The van der Waals surface area contributed by atoms with Crippen LogP contribution in [0, 0.1) is 0 Å². The van der Waals surface area contributed by atoms with Crippen LogP contribution in [0.25, 0.3) is 0 Å². The highest BCUT2D eigenvalue weighted by Gasteiger charge is 2.25. The van der Waals surface area contributed by atoms with Gasteiger partial charge in [0.1, 0.15) is 10.9 Å². The zero-order chi connectivity index (χ0) is 14.8. The average molecular weight is 386 g/mol. The molecule has 2 heterocycles. The summed E-state index contributed by atoms with van der Waals surface area (Å²) in [6.45, 7) is 2.12. The van der Waals surface area contributed by atoms with Crippen molar-refractivity contribution < 1.29 is 4.74 Å². The maximum atomic E-state index is 6.21. The summed E-state index contributed by atoms with van der Waals surface area (Å²) in [6, 6.07) is 8.03. The number of aryl methyl sites for hydroxylation is 1. The molecule has 0 bridgehead atoms. The van der Waals surface area contributed by atoms with E-state index in [-0.39, 0.29) is 6.10 Å². The van der Waals surface area contributed by atoms with Crippen molar-refractivity contribution in [1.29, 1.82) is 0 Å². The summed E-state index contributed by atoms with van der Waals surface area (Å²) < 4.78 is 6.82. The van der Waals surface area contributed by atoms with Gasteiger partial charge in [0.05, 0.1) is 10.2 Å². The SMILES string of the molecule is CCCc1nc(C2CSc3ccccc3O2)nc(Cl)c1Br. The van der Waals surface area contributed by atoms with Crippen LogP contribution in [0.1, 0.15) is 31.0 Å². The normalized spacial score (nSPS) is 17.2. The van der Waals surface area contributed by atoms with E-state index in [9.17, 15) is 0 Å². The van der Waals surface area contributed by atoms with Crippen LogP contribution in [0.15, 0.2) is 33.6 Å². The van der Waals surface area contributed by atoms with Gasteiger partial charge in [-0.1, -0.05) is 37.1 Å². The molecule has 1 aliphatic rings. The van der Waals surface area contributed by atoms with E-state index in [2.05, 4.69) is 38.9 Å². The Morgan fingerprint density at radius 2 is 2.19 bits per heavy atom. The van der Waals surface area contributed by atoms with Crippen LogP contribution >= 0.6 is 39.3 Å². The number of halogens is 2. The number of thioether (sulfide) groups is 1. The Kier molecular flexibility index (Phi) is 4.72. The highest BCUT2D eigenvalue weighted by molar-refractivity contribution is 9.10. The van der Waals surface area contributed by atoms with Gasteiger partial charge in [-0.3, -0.25) is 0 Å². The fraction of sp³-hybridized carbons (Fsp3) is 0.333. The molecule has 3 rings (SSSR count). The zero-order valence-corrected chi connectivity index (χ0v) is 14.6. The minimum atomic E-state index is -0.161. The van der Waals surface area contributed by atoms with Gasteiger partial charge in [-0.2, -0.15) is 0 Å². The molecule has 0 N–H and O–H groups in total. The lowest BCUT2D eigenvalue weighted by Crippen LogP contribution is -2.18. The van der Waals surface area contributed by atoms with Gasteiger partial charge in [0, 0.05) is 10.6 Å². The van der Waals surface area contributed by atoms with Crippen LogP contribution in [0.2, 0.25) is 5.15 Å². The molecule has 1 aliphatic heterocycles. The van der Waals surface area contributed by atoms with Gasteiger partial charge in [0.2, 0.25) is 0 Å². The number of aromatic nitrogens is 2. The standard InChI is InChI=1S/C15H14BrClN2OS/c1-2-5-9-13(16)14(17)19-15(18-9)11-8-21-12-7-4-3-6-10(12)20-11/h3-4,6-7,11H,2,5,8H2,1H3. The third kappa shape index (κ3) is 3.20. The predicted molar refractivity (Wildman–Crippen MR) is 89.3 cm³/mol. The molecule has 0 amide bonds. The number of nitrogens with zero attached hydrogens (tertiary/aromatic N) is 2.